The number of likely N-dealkylation sites (tertiary alicyclic amines) is 1. The van der Waals surface area contributed by atoms with Gasteiger partial charge >= 0.3 is 0 Å². The maximum Gasteiger partial charge on any atom is 0.241 e. The number of carbonyl (C=O) groups excluding carboxylic acids is 1. The molecule has 24 heavy (non-hydrogen) atoms. The van der Waals surface area contributed by atoms with E-state index < -0.39 is 0 Å². The maximum atomic E-state index is 12.1. The Labute approximate surface area is 148 Å². The highest BCUT2D eigenvalue weighted by molar-refractivity contribution is 6.35. The van der Waals surface area contributed by atoms with Crippen molar-refractivity contribution in [3.05, 3.63) is 29.4 Å². The monoisotopic (exact) mass is 348 g/mol. The minimum Gasteiger partial charge on any atom is -0.354 e. The Bertz CT molecular complexity index is 699. The van der Waals surface area contributed by atoms with Crippen molar-refractivity contribution in [2.24, 2.45) is 0 Å². The van der Waals surface area contributed by atoms with Crippen LogP contribution in [0.4, 0.5) is 0 Å². The molecule has 3 rings (SSSR count). The van der Waals surface area contributed by atoms with Crippen LogP contribution in [0.5, 0.6) is 0 Å². The number of halogens is 1. The Balaban J connectivity index is 1.44. The van der Waals surface area contributed by atoms with Crippen LogP contribution in [0.25, 0.3) is 10.9 Å². The second-order valence-electron chi connectivity index (χ2n) is 6.56. The molecule has 2 aromatic rings. The summed E-state index contributed by atoms with van der Waals surface area (Å²) in [5.74, 6) is -0.00771. The summed E-state index contributed by atoms with van der Waals surface area (Å²) >= 11 is 6.14. The zero-order valence-corrected chi connectivity index (χ0v) is 14.9. The van der Waals surface area contributed by atoms with Gasteiger partial charge in [0.2, 0.25) is 5.91 Å². The quantitative estimate of drug-likeness (QED) is 0.816. The van der Waals surface area contributed by atoms with E-state index >= 15 is 0 Å². The summed E-state index contributed by atoms with van der Waals surface area (Å²) in [7, 11) is 0. The Morgan fingerprint density at radius 3 is 3.12 bits per heavy atom. The second-order valence-corrected chi connectivity index (χ2v) is 6.97. The molecule has 5 nitrogen and oxygen atoms in total. The fraction of sp³-hybridized carbons (Fsp3) is 0.556. The minimum atomic E-state index is -0.00771. The average Bonchev–Trinajstić information content (AvgIpc) is 2.97. The van der Waals surface area contributed by atoms with E-state index in [4.69, 9.17) is 11.6 Å². The third kappa shape index (κ3) is 4.08. The molecule has 0 radical (unpaired) electrons. The lowest BCUT2D eigenvalue weighted by atomic mass is 10.0. The summed E-state index contributed by atoms with van der Waals surface area (Å²) in [4.78, 5) is 14.7. The first-order valence-electron chi connectivity index (χ1n) is 8.76. The molecule has 1 fully saturated rings. The first kappa shape index (κ1) is 17.2. The van der Waals surface area contributed by atoms with E-state index in [1.54, 1.807) is 10.9 Å². The van der Waals surface area contributed by atoms with Gasteiger partial charge in [0.15, 0.2) is 0 Å². The molecule has 130 valence electrons. The molecule has 2 heterocycles. The van der Waals surface area contributed by atoms with E-state index in [-0.39, 0.29) is 12.5 Å². The number of benzene rings is 1. The van der Waals surface area contributed by atoms with Crippen LogP contribution in [0.15, 0.2) is 24.4 Å². The number of hydrogen-bond donors (Lipinski definition) is 1. The molecule has 0 saturated carbocycles. The van der Waals surface area contributed by atoms with Crippen LogP contribution < -0.4 is 5.32 Å². The summed E-state index contributed by atoms with van der Waals surface area (Å²) in [6, 6.07) is 6.31. The molecular formula is C18H25ClN4O. The van der Waals surface area contributed by atoms with Gasteiger partial charge in [-0.3, -0.25) is 9.48 Å². The highest BCUT2D eigenvalue weighted by Crippen LogP contribution is 2.22. The first-order valence-corrected chi connectivity index (χ1v) is 9.14. The van der Waals surface area contributed by atoms with Gasteiger partial charge in [-0.25, -0.2) is 0 Å². The molecule has 1 saturated heterocycles. The Kier molecular flexibility index (Phi) is 5.74. The average molecular weight is 349 g/mol. The lowest BCUT2D eigenvalue weighted by Crippen LogP contribution is -2.39. The minimum absolute atomic E-state index is 0.00771. The highest BCUT2D eigenvalue weighted by Gasteiger charge is 2.17. The van der Waals surface area contributed by atoms with Crippen LogP contribution in [0.2, 0.25) is 5.02 Å². The number of nitrogens with one attached hydrogen (secondary N) is 1. The van der Waals surface area contributed by atoms with Crippen molar-refractivity contribution in [2.75, 3.05) is 19.6 Å². The van der Waals surface area contributed by atoms with E-state index in [0.29, 0.717) is 17.6 Å². The Hall–Kier alpha value is -1.59. The van der Waals surface area contributed by atoms with E-state index in [1.165, 1.54) is 25.8 Å². The number of fused-ring (bicyclic) bond motifs is 1. The maximum absolute atomic E-state index is 12.1. The van der Waals surface area contributed by atoms with Gasteiger partial charge in [-0.1, -0.05) is 24.1 Å². The largest absolute Gasteiger partial charge is 0.354 e. The molecule has 1 atom stereocenters. The zero-order chi connectivity index (χ0) is 16.9. The van der Waals surface area contributed by atoms with Gasteiger partial charge in [-0.15, -0.1) is 0 Å². The smallest absolute Gasteiger partial charge is 0.241 e. The number of hydrogen-bond acceptors (Lipinski definition) is 3. The summed E-state index contributed by atoms with van der Waals surface area (Å²) in [5.41, 5.74) is 0.889. The van der Waals surface area contributed by atoms with Gasteiger partial charge in [-0.2, -0.15) is 5.10 Å². The molecular weight excluding hydrogens is 324 g/mol. The summed E-state index contributed by atoms with van der Waals surface area (Å²) in [6.07, 6.45) is 6.63. The van der Waals surface area contributed by atoms with Crippen molar-refractivity contribution in [3.8, 4) is 0 Å². The molecule has 1 aromatic heterocycles. The van der Waals surface area contributed by atoms with Crippen molar-refractivity contribution in [1.29, 1.82) is 0 Å². The lowest BCUT2D eigenvalue weighted by Gasteiger charge is -2.33. The number of rotatable bonds is 6. The van der Waals surface area contributed by atoms with E-state index in [9.17, 15) is 4.79 Å². The molecule has 1 aromatic carbocycles. The SMILES string of the molecule is CC1CCCCN1CCCNC(=O)Cn1ncc2c(Cl)cccc21. The molecule has 1 aliphatic rings. The Morgan fingerprint density at radius 2 is 2.29 bits per heavy atom. The van der Waals surface area contributed by atoms with Crippen LogP contribution in [0, 0.1) is 0 Å². The standard InChI is InChI=1S/C18H25ClN4O/c1-14-6-2-3-10-22(14)11-5-9-20-18(24)13-23-17-8-4-7-16(19)15(17)12-21-23/h4,7-8,12,14H,2-3,5-6,9-11,13H2,1H3,(H,20,24). The number of amides is 1. The predicted molar refractivity (Wildman–Crippen MR) is 97.3 cm³/mol. The van der Waals surface area contributed by atoms with Gasteiger partial charge in [0.1, 0.15) is 6.54 Å². The van der Waals surface area contributed by atoms with Gasteiger partial charge in [-0.05, 0) is 44.9 Å². The number of piperidine rings is 1. The van der Waals surface area contributed by atoms with Gasteiger partial charge in [0.25, 0.3) is 0 Å². The highest BCUT2D eigenvalue weighted by atomic mass is 35.5. The number of carbonyl (C=O) groups is 1. The molecule has 0 aliphatic carbocycles. The van der Waals surface area contributed by atoms with Gasteiger partial charge in [0.05, 0.1) is 16.7 Å². The Morgan fingerprint density at radius 1 is 1.42 bits per heavy atom. The normalized spacial score (nSPS) is 18.8. The predicted octanol–water partition coefficient (Wildman–Crippen LogP) is 3.07. The third-order valence-electron chi connectivity index (χ3n) is 4.81. The summed E-state index contributed by atoms with van der Waals surface area (Å²) < 4.78 is 1.70. The molecule has 1 N–H and O–H groups in total. The van der Waals surface area contributed by atoms with Crippen molar-refractivity contribution >= 4 is 28.4 Å². The molecule has 0 bridgehead atoms. The summed E-state index contributed by atoms with van der Waals surface area (Å²) in [5, 5.41) is 8.81. The van der Waals surface area contributed by atoms with Crippen LogP contribution in [-0.4, -0.2) is 46.3 Å². The number of aromatic nitrogens is 2. The lowest BCUT2D eigenvalue weighted by molar-refractivity contribution is -0.121. The van der Waals surface area contributed by atoms with Crippen LogP contribution >= 0.6 is 11.6 Å². The molecule has 1 aliphatic heterocycles. The van der Waals surface area contributed by atoms with E-state index in [0.717, 1.165) is 23.9 Å². The second kappa shape index (κ2) is 7.99. The van der Waals surface area contributed by atoms with E-state index in [1.807, 2.05) is 18.2 Å². The van der Waals surface area contributed by atoms with Crippen LogP contribution in [0.1, 0.15) is 32.6 Å². The molecule has 0 spiro atoms. The van der Waals surface area contributed by atoms with Crippen molar-refractivity contribution in [3.63, 3.8) is 0 Å². The molecule has 1 unspecified atom stereocenters. The molecule has 1 amide bonds. The summed E-state index contributed by atoms with van der Waals surface area (Å²) in [6.45, 7) is 5.48. The van der Waals surface area contributed by atoms with Crippen LogP contribution in [-0.2, 0) is 11.3 Å². The van der Waals surface area contributed by atoms with E-state index in [2.05, 4.69) is 22.2 Å². The van der Waals surface area contributed by atoms with Crippen molar-refractivity contribution < 1.29 is 4.79 Å². The van der Waals surface area contributed by atoms with Crippen molar-refractivity contribution in [2.45, 2.75) is 45.2 Å². The number of nitrogens with zero attached hydrogens (tertiary/aromatic N) is 3. The fourth-order valence-corrected chi connectivity index (χ4v) is 3.60. The third-order valence-corrected chi connectivity index (χ3v) is 5.14. The van der Waals surface area contributed by atoms with Gasteiger partial charge in [0, 0.05) is 24.5 Å². The van der Waals surface area contributed by atoms with Crippen LogP contribution in [0.3, 0.4) is 0 Å². The van der Waals surface area contributed by atoms with Crippen molar-refractivity contribution in [1.82, 2.24) is 20.0 Å². The fourth-order valence-electron chi connectivity index (χ4n) is 3.39. The molecule has 6 heteroatoms. The zero-order valence-electron chi connectivity index (χ0n) is 14.2. The van der Waals surface area contributed by atoms with Gasteiger partial charge < -0.3 is 10.2 Å². The topological polar surface area (TPSA) is 50.2 Å². The first-order chi connectivity index (χ1) is 11.6.